The number of carbonyl (C=O) groups excluding carboxylic acids is 1. The molecule has 10 heteroatoms. The number of rotatable bonds is 6. The highest BCUT2D eigenvalue weighted by Gasteiger charge is 2.14. The number of nitrogens with zero attached hydrogens (tertiary/aromatic N) is 2. The van der Waals surface area contributed by atoms with Crippen molar-refractivity contribution < 1.29 is 19.7 Å². The van der Waals surface area contributed by atoms with Gasteiger partial charge in [-0.3, -0.25) is 19.1 Å². The van der Waals surface area contributed by atoms with Gasteiger partial charge in [0.25, 0.3) is 11.5 Å². The molecule has 154 valence electrons. The molecular formula is C20H18N4O6. The highest BCUT2D eigenvalue weighted by molar-refractivity contribution is 5.97. The second-order valence-electron chi connectivity index (χ2n) is 6.15. The van der Waals surface area contributed by atoms with Crippen molar-refractivity contribution in [1.82, 2.24) is 15.0 Å². The average Bonchev–Trinajstić information content (AvgIpc) is 2.74. The first-order chi connectivity index (χ1) is 14.4. The number of ether oxygens (including phenoxy) is 1. The van der Waals surface area contributed by atoms with E-state index in [1.807, 2.05) is 0 Å². The molecule has 0 spiro atoms. The van der Waals surface area contributed by atoms with Crippen molar-refractivity contribution in [2.45, 2.75) is 6.54 Å². The summed E-state index contributed by atoms with van der Waals surface area (Å²) < 4.78 is 6.03. The van der Waals surface area contributed by atoms with Gasteiger partial charge in [-0.05, 0) is 29.8 Å². The number of nitrogens with one attached hydrogen (secondary N) is 2. The van der Waals surface area contributed by atoms with Gasteiger partial charge in [-0.2, -0.15) is 5.10 Å². The molecule has 30 heavy (non-hydrogen) atoms. The maximum Gasteiger partial charge on any atom is 0.331 e. The van der Waals surface area contributed by atoms with Crippen LogP contribution < -0.4 is 21.4 Å². The van der Waals surface area contributed by atoms with E-state index in [9.17, 15) is 24.6 Å². The van der Waals surface area contributed by atoms with Gasteiger partial charge >= 0.3 is 5.69 Å². The lowest BCUT2D eigenvalue weighted by Gasteiger charge is -2.10. The van der Waals surface area contributed by atoms with Gasteiger partial charge in [-0.1, -0.05) is 24.3 Å². The summed E-state index contributed by atoms with van der Waals surface area (Å²) in [6.07, 6.45) is 0.913. The Labute approximate surface area is 169 Å². The van der Waals surface area contributed by atoms with E-state index in [2.05, 4.69) is 15.5 Å². The Morgan fingerprint density at radius 1 is 1.17 bits per heavy atom. The van der Waals surface area contributed by atoms with Crippen molar-refractivity contribution in [3.8, 4) is 17.4 Å². The lowest BCUT2D eigenvalue weighted by Crippen LogP contribution is -2.32. The predicted molar refractivity (Wildman–Crippen MR) is 108 cm³/mol. The Hall–Kier alpha value is -4.34. The number of hydrazone groups is 1. The van der Waals surface area contributed by atoms with Crippen LogP contribution in [0.15, 0.2) is 63.2 Å². The van der Waals surface area contributed by atoms with Crippen molar-refractivity contribution in [3.63, 3.8) is 0 Å². The molecule has 0 aliphatic carbocycles. The van der Waals surface area contributed by atoms with Gasteiger partial charge < -0.3 is 14.9 Å². The highest BCUT2D eigenvalue weighted by atomic mass is 16.5. The van der Waals surface area contributed by atoms with Crippen LogP contribution >= 0.6 is 0 Å². The van der Waals surface area contributed by atoms with Crippen molar-refractivity contribution >= 4 is 12.1 Å². The Morgan fingerprint density at radius 3 is 2.53 bits per heavy atom. The number of carbonyl (C=O) groups is 1. The lowest BCUT2D eigenvalue weighted by atomic mass is 10.2. The van der Waals surface area contributed by atoms with E-state index in [4.69, 9.17) is 4.74 Å². The minimum Gasteiger partial charge on any atom is -0.507 e. The van der Waals surface area contributed by atoms with Gasteiger partial charge in [0.2, 0.25) is 5.88 Å². The molecule has 10 nitrogen and oxygen atoms in total. The number of H-pyrrole nitrogens is 1. The first-order valence-electron chi connectivity index (χ1n) is 8.71. The standard InChI is InChI=1S/C20H18N4O6/c1-30-13-8-6-12(7-9-13)11-24-19(28)15(17(26)22-20(24)29)10-21-23-18(27)14-4-2-3-5-16(14)25/h2-10,25,28H,11H2,1H3,(H,23,27)(H,22,26,29)/b21-10+. The summed E-state index contributed by atoms with van der Waals surface area (Å²) >= 11 is 0. The molecule has 3 aromatic rings. The molecule has 0 bridgehead atoms. The number of aromatic amines is 1. The second-order valence-corrected chi connectivity index (χ2v) is 6.15. The van der Waals surface area contributed by atoms with Gasteiger partial charge in [0.15, 0.2) is 0 Å². The fraction of sp³-hybridized carbons (Fsp3) is 0.100. The number of methoxy groups -OCH3 is 1. The molecule has 1 amide bonds. The van der Waals surface area contributed by atoms with Crippen molar-refractivity contribution in [2.75, 3.05) is 7.11 Å². The van der Waals surface area contributed by atoms with Crippen LogP contribution in [-0.2, 0) is 6.54 Å². The summed E-state index contributed by atoms with van der Waals surface area (Å²) in [6.45, 7) is -0.0173. The van der Waals surface area contributed by atoms with Crippen LogP contribution in [0.4, 0.5) is 0 Å². The van der Waals surface area contributed by atoms with Gasteiger partial charge in [-0.15, -0.1) is 0 Å². The van der Waals surface area contributed by atoms with Crippen LogP contribution in [0.5, 0.6) is 17.4 Å². The summed E-state index contributed by atoms with van der Waals surface area (Å²) in [4.78, 5) is 38.3. The largest absolute Gasteiger partial charge is 0.507 e. The van der Waals surface area contributed by atoms with Crippen LogP contribution in [0.25, 0.3) is 0 Å². The Bertz CT molecular complexity index is 1210. The van der Waals surface area contributed by atoms with Crippen LogP contribution in [0, 0.1) is 0 Å². The molecule has 2 aromatic carbocycles. The van der Waals surface area contributed by atoms with E-state index in [0.717, 1.165) is 10.8 Å². The minimum atomic E-state index is -0.871. The molecule has 0 fully saturated rings. The smallest absolute Gasteiger partial charge is 0.331 e. The molecule has 3 rings (SSSR count). The second kappa shape index (κ2) is 8.78. The normalized spacial score (nSPS) is 10.8. The molecule has 4 N–H and O–H groups in total. The van der Waals surface area contributed by atoms with E-state index < -0.39 is 23.0 Å². The molecular weight excluding hydrogens is 392 g/mol. The predicted octanol–water partition coefficient (Wildman–Crippen LogP) is 0.769. The van der Waals surface area contributed by atoms with E-state index in [1.54, 1.807) is 36.4 Å². The fourth-order valence-electron chi connectivity index (χ4n) is 2.63. The molecule has 0 atom stereocenters. The van der Waals surface area contributed by atoms with Crippen molar-refractivity contribution in [3.05, 3.63) is 86.1 Å². The molecule has 1 heterocycles. The van der Waals surface area contributed by atoms with E-state index in [0.29, 0.717) is 11.3 Å². The number of benzene rings is 2. The molecule has 0 aliphatic rings. The molecule has 0 unspecified atom stereocenters. The Morgan fingerprint density at radius 2 is 1.87 bits per heavy atom. The van der Waals surface area contributed by atoms with Gasteiger partial charge in [-0.25, -0.2) is 10.2 Å². The zero-order valence-electron chi connectivity index (χ0n) is 15.8. The molecule has 0 saturated carbocycles. The van der Waals surface area contributed by atoms with E-state index in [1.165, 1.54) is 19.2 Å². The Balaban J connectivity index is 1.84. The lowest BCUT2D eigenvalue weighted by molar-refractivity contribution is 0.0952. The number of phenolic OH excluding ortho intramolecular Hbond substituents is 1. The summed E-state index contributed by atoms with van der Waals surface area (Å²) in [7, 11) is 1.52. The number of amides is 1. The number of hydrogen-bond donors (Lipinski definition) is 4. The molecule has 0 radical (unpaired) electrons. The van der Waals surface area contributed by atoms with E-state index in [-0.39, 0.29) is 23.4 Å². The van der Waals surface area contributed by atoms with Crippen molar-refractivity contribution in [1.29, 1.82) is 0 Å². The quantitative estimate of drug-likeness (QED) is 0.349. The zero-order chi connectivity index (χ0) is 21.7. The highest BCUT2D eigenvalue weighted by Crippen LogP contribution is 2.16. The third-order valence-corrected chi connectivity index (χ3v) is 4.21. The zero-order valence-corrected chi connectivity index (χ0v) is 15.8. The number of aromatic nitrogens is 2. The van der Waals surface area contributed by atoms with Gasteiger partial charge in [0.1, 0.15) is 17.1 Å². The van der Waals surface area contributed by atoms with Crippen LogP contribution in [0.3, 0.4) is 0 Å². The number of hydrogen-bond acceptors (Lipinski definition) is 7. The van der Waals surface area contributed by atoms with Gasteiger partial charge in [0, 0.05) is 0 Å². The maximum absolute atomic E-state index is 12.1. The van der Waals surface area contributed by atoms with Gasteiger partial charge in [0.05, 0.1) is 25.4 Å². The number of para-hydroxylation sites is 1. The summed E-state index contributed by atoms with van der Waals surface area (Å²) in [5.74, 6) is -0.935. The molecule has 0 aliphatic heterocycles. The van der Waals surface area contributed by atoms with Crippen LogP contribution in [-0.4, -0.2) is 39.0 Å². The van der Waals surface area contributed by atoms with E-state index >= 15 is 0 Å². The summed E-state index contributed by atoms with van der Waals surface area (Å²) in [6, 6.07) is 12.6. The first-order valence-corrected chi connectivity index (χ1v) is 8.71. The minimum absolute atomic E-state index is 0.0164. The third kappa shape index (κ3) is 4.38. The summed E-state index contributed by atoms with van der Waals surface area (Å²) in [5, 5.41) is 23.7. The summed E-state index contributed by atoms with van der Waals surface area (Å²) in [5.41, 5.74) is 0.813. The Kier molecular flexibility index (Phi) is 5.97. The third-order valence-electron chi connectivity index (χ3n) is 4.21. The molecule has 1 aromatic heterocycles. The monoisotopic (exact) mass is 410 g/mol. The average molecular weight is 410 g/mol. The van der Waals surface area contributed by atoms with Crippen LogP contribution in [0.2, 0.25) is 0 Å². The fourth-order valence-corrected chi connectivity index (χ4v) is 2.63. The topological polar surface area (TPSA) is 146 Å². The van der Waals surface area contributed by atoms with Crippen LogP contribution in [0.1, 0.15) is 21.5 Å². The number of phenols is 1. The first kappa shape index (κ1) is 20.4. The molecule has 0 saturated heterocycles. The maximum atomic E-state index is 12.1. The SMILES string of the molecule is COc1ccc(Cn2c(O)c(/C=N/NC(=O)c3ccccc3O)c(=O)[nH]c2=O)cc1. The number of aromatic hydroxyl groups is 2. The van der Waals surface area contributed by atoms with Crippen molar-refractivity contribution in [2.24, 2.45) is 5.10 Å².